The third-order valence-electron chi connectivity index (χ3n) is 4.98. The van der Waals surface area contributed by atoms with Crippen LogP contribution in [0, 0.1) is 0 Å². The first-order chi connectivity index (χ1) is 16.0. The molecule has 0 aliphatic rings. The molecule has 0 saturated heterocycles. The number of nitrogens with one attached hydrogen (secondary N) is 5. The molecule has 0 saturated carbocycles. The van der Waals surface area contributed by atoms with E-state index in [-0.39, 0.29) is 11.8 Å². The zero-order chi connectivity index (χ0) is 26.1. The van der Waals surface area contributed by atoms with Gasteiger partial charge < -0.3 is 32.3 Å². The van der Waals surface area contributed by atoms with Gasteiger partial charge in [-0.05, 0) is 51.9 Å². The molecule has 3 atom stereocenters. The molecule has 0 rings (SSSR count). The highest BCUT2D eigenvalue weighted by Crippen LogP contribution is 2.06. The highest BCUT2D eigenvalue weighted by atomic mass is 32.1. The van der Waals surface area contributed by atoms with E-state index in [1.807, 2.05) is 0 Å². The zero-order valence-electron chi connectivity index (χ0n) is 20.6. The van der Waals surface area contributed by atoms with Gasteiger partial charge in [0.25, 0.3) is 0 Å². The molecule has 0 aromatic carbocycles. The van der Waals surface area contributed by atoms with Crippen LogP contribution in [0.3, 0.4) is 0 Å². The predicted octanol–water partition coefficient (Wildman–Crippen LogP) is -0.230. The smallest absolute Gasteiger partial charge is 0.243 e. The Hall–Kier alpha value is -2.76. The van der Waals surface area contributed by atoms with E-state index in [2.05, 4.69) is 26.6 Å². The summed E-state index contributed by atoms with van der Waals surface area (Å²) >= 11 is 4.98. The number of primary amides is 1. The van der Waals surface area contributed by atoms with Gasteiger partial charge >= 0.3 is 0 Å². The Labute approximate surface area is 207 Å². The Morgan fingerprint density at radius 2 is 1.18 bits per heavy atom. The van der Waals surface area contributed by atoms with Crippen molar-refractivity contribution in [2.75, 3.05) is 13.1 Å². The van der Waals surface area contributed by atoms with Crippen LogP contribution in [0.2, 0.25) is 0 Å². The number of rotatable bonds is 17. The van der Waals surface area contributed by atoms with Crippen molar-refractivity contribution in [3.63, 3.8) is 0 Å². The lowest BCUT2D eigenvalue weighted by molar-refractivity contribution is -0.133. The fourth-order valence-corrected chi connectivity index (χ4v) is 3.28. The van der Waals surface area contributed by atoms with E-state index >= 15 is 0 Å². The molecule has 0 aromatic heterocycles. The number of thiocarbonyl (C=S) groups is 1. The van der Waals surface area contributed by atoms with Gasteiger partial charge in [0.05, 0.1) is 4.99 Å². The van der Waals surface area contributed by atoms with Crippen molar-refractivity contribution >= 4 is 46.7 Å². The van der Waals surface area contributed by atoms with Crippen LogP contribution in [0.25, 0.3) is 0 Å². The Balaban J connectivity index is 5.17. The average Bonchev–Trinajstić information content (AvgIpc) is 2.74. The van der Waals surface area contributed by atoms with Crippen LogP contribution < -0.4 is 32.3 Å². The van der Waals surface area contributed by atoms with Gasteiger partial charge in [-0.25, -0.2) is 0 Å². The van der Waals surface area contributed by atoms with Crippen molar-refractivity contribution in [1.29, 1.82) is 0 Å². The summed E-state index contributed by atoms with van der Waals surface area (Å²) in [4.78, 5) is 60.6. The van der Waals surface area contributed by atoms with Crippen LogP contribution in [0.5, 0.6) is 0 Å². The van der Waals surface area contributed by atoms with Gasteiger partial charge in [0.2, 0.25) is 29.5 Å². The first-order valence-corrected chi connectivity index (χ1v) is 12.0. The summed E-state index contributed by atoms with van der Waals surface area (Å²) in [5.74, 6) is -2.16. The number of carbonyl (C=O) groups is 5. The second-order valence-electron chi connectivity index (χ2n) is 8.14. The molecule has 5 amide bonds. The minimum Gasteiger partial charge on any atom is -0.380 e. The molecule has 0 aromatic rings. The normalized spacial score (nSPS) is 13.1. The SMILES string of the molecule is CC[C@H](NC(=O)[C@H](CCCCNC(C)=S)NC(=O)[C@H](CCCCNC(C)=O)NC(C)=O)C(N)=O. The highest BCUT2D eigenvalue weighted by Gasteiger charge is 2.27. The lowest BCUT2D eigenvalue weighted by atomic mass is 10.0. The van der Waals surface area contributed by atoms with E-state index in [1.165, 1.54) is 13.8 Å². The first-order valence-electron chi connectivity index (χ1n) is 11.6. The summed E-state index contributed by atoms with van der Waals surface area (Å²) in [5.41, 5.74) is 5.33. The molecule has 12 heteroatoms. The largest absolute Gasteiger partial charge is 0.380 e. The molecule has 0 spiro atoms. The average molecular weight is 501 g/mol. The number of carbonyl (C=O) groups excluding carboxylic acids is 5. The summed E-state index contributed by atoms with van der Waals surface area (Å²) in [6.07, 6.45) is 3.55. The Morgan fingerprint density at radius 1 is 0.706 bits per heavy atom. The summed E-state index contributed by atoms with van der Waals surface area (Å²) in [6, 6.07) is -2.57. The summed E-state index contributed by atoms with van der Waals surface area (Å²) in [5, 5.41) is 13.6. The van der Waals surface area contributed by atoms with Gasteiger partial charge in [-0.3, -0.25) is 24.0 Å². The Bertz CT molecular complexity index is 718. The van der Waals surface area contributed by atoms with Crippen LogP contribution in [0.1, 0.15) is 72.6 Å². The predicted molar refractivity (Wildman–Crippen MR) is 134 cm³/mol. The molecular formula is C22H40N6O5S. The lowest BCUT2D eigenvalue weighted by Gasteiger charge is -2.24. The maximum absolute atomic E-state index is 12.9. The number of hydrogen-bond acceptors (Lipinski definition) is 6. The molecule has 0 fully saturated rings. The summed E-state index contributed by atoms with van der Waals surface area (Å²) in [6.45, 7) is 7.34. The fourth-order valence-electron chi connectivity index (χ4n) is 3.18. The maximum atomic E-state index is 12.9. The van der Waals surface area contributed by atoms with Crippen LogP contribution in [0.15, 0.2) is 0 Å². The highest BCUT2D eigenvalue weighted by molar-refractivity contribution is 7.80. The quantitative estimate of drug-likeness (QED) is 0.118. The first kappa shape index (κ1) is 31.2. The second-order valence-corrected chi connectivity index (χ2v) is 8.76. The molecule has 11 nitrogen and oxygen atoms in total. The van der Waals surface area contributed by atoms with Gasteiger partial charge in [0.1, 0.15) is 18.1 Å². The topological polar surface area (TPSA) is 172 Å². The minimum atomic E-state index is -0.898. The van der Waals surface area contributed by atoms with Crippen molar-refractivity contribution in [3.05, 3.63) is 0 Å². The van der Waals surface area contributed by atoms with Gasteiger partial charge in [-0.1, -0.05) is 19.1 Å². The van der Waals surface area contributed by atoms with Crippen molar-refractivity contribution in [3.8, 4) is 0 Å². The number of unbranched alkanes of at least 4 members (excludes halogenated alkanes) is 2. The second kappa shape index (κ2) is 17.7. The summed E-state index contributed by atoms with van der Waals surface area (Å²) < 4.78 is 0. The van der Waals surface area contributed by atoms with E-state index in [9.17, 15) is 24.0 Å². The number of nitrogens with two attached hydrogens (primary N) is 1. The van der Waals surface area contributed by atoms with Crippen molar-refractivity contribution in [1.82, 2.24) is 26.6 Å². The molecule has 0 bridgehead atoms. The van der Waals surface area contributed by atoms with Gasteiger partial charge in [0.15, 0.2) is 0 Å². The molecule has 0 aliphatic carbocycles. The van der Waals surface area contributed by atoms with Crippen molar-refractivity contribution < 1.29 is 24.0 Å². The molecule has 0 aliphatic heterocycles. The third-order valence-corrected chi connectivity index (χ3v) is 5.13. The fraction of sp³-hybridized carbons (Fsp3) is 0.727. The summed E-state index contributed by atoms with van der Waals surface area (Å²) in [7, 11) is 0. The number of amides is 5. The Morgan fingerprint density at radius 3 is 1.59 bits per heavy atom. The molecule has 194 valence electrons. The molecule has 0 radical (unpaired) electrons. The van der Waals surface area contributed by atoms with Gasteiger partial charge in [0, 0.05) is 26.9 Å². The lowest BCUT2D eigenvalue weighted by Crippen LogP contribution is -2.56. The molecule has 0 unspecified atom stereocenters. The van der Waals surface area contributed by atoms with E-state index in [1.54, 1.807) is 13.8 Å². The third kappa shape index (κ3) is 15.1. The minimum absolute atomic E-state index is 0.137. The van der Waals surface area contributed by atoms with Crippen LogP contribution >= 0.6 is 12.2 Å². The van der Waals surface area contributed by atoms with Gasteiger partial charge in [-0.15, -0.1) is 0 Å². The molecule has 34 heavy (non-hydrogen) atoms. The van der Waals surface area contributed by atoms with Crippen molar-refractivity contribution in [2.24, 2.45) is 5.73 Å². The van der Waals surface area contributed by atoms with E-state index in [4.69, 9.17) is 18.0 Å². The molecule has 0 heterocycles. The number of hydrogen-bond donors (Lipinski definition) is 6. The van der Waals surface area contributed by atoms with Crippen LogP contribution in [0.4, 0.5) is 0 Å². The monoisotopic (exact) mass is 500 g/mol. The van der Waals surface area contributed by atoms with E-state index in [0.717, 1.165) is 6.42 Å². The standard InChI is InChI=1S/C22H40N6O5S/c1-5-17(20(23)31)27-22(33)19(11-7-9-13-25-16(4)34)28-21(32)18(26-15(3)30)10-6-8-12-24-14(2)29/h17-19H,5-13H2,1-4H3,(H2,23,31)(H,24,29)(H,25,34)(H,26,30)(H,27,33)(H,28,32)/t17-,18-,19-/m0/s1. The van der Waals surface area contributed by atoms with Crippen LogP contribution in [-0.2, 0) is 24.0 Å². The van der Waals surface area contributed by atoms with Crippen molar-refractivity contribution in [2.45, 2.75) is 90.8 Å². The molecular weight excluding hydrogens is 460 g/mol. The molecule has 7 N–H and O–H groups in total. The maximum Gasteiger partial charge on any atom is 0.243 e. The zero-order valence-corrected chi connectivity index (χ0v) is 21.4. The van der Waals surface area contributed by atoms with E-state index < -0.39 is 35.8 Å². The van der Waals surface area contributed by atoms with E-state index in [0.29, 0.717) is 56.6 Å². The Kier molecular flexibility index (Phi) is 16.2. The van der Waals surface area contributed by atoms with Crippen LogP contribution in [-0.4, -0.2) is 65.7 Å². The van der Waals surface area contributed by atoms with Gasteiger partial charge in [-0.2, -0.15) is 0 Å².